The van der Waals surface area contributed by atoms with E-state index in [1.165, 1.54) is 21.4 Å². The number of nitrogens with zero attached hydrogens (tertiary/aromatic N) is 6. The van der Waals surface area contributed by atoms with Gasteiger partial charge in [0, 0.05) is 56.1 Å². The molecule has 3 N–H and O–H groups in total. The van der Waals surface area contributed by atoms with E-state index >= 15 is 0 Å². The lowest BCUT2D eigenvalue weighted by Crippen LogP contribution is -2.43. The molecule has 2 fully saturated rings. The van der Waals surface area contributed by atoms with Gasteiger partial charge in [0.05, 0.1) is 45.8 Å². The molecule has 1 saturated heterocycles. The standard InChI is InChI=1S/C38H41ClF6N8O3S/c1-20-12-29(37(2)6-8-38(44,45)9-7-37)47-33-30(20)36(54)53(35(48-33)27(46)15-21-13-22(40)16-23(41)14-21)28-5-4-26(39)31-32(28)52(49-34(31)50-57(3,55)56)11-10-51-18-24(42)17-25(43)19-51/h4-5,12-14,16,24-25,27H,6-11,15,17-19,46H2,1-3H3,(H,49,50)/t24-,25+,27-/m0/s1. The minimum Gasteiger partial charge on any atom is -0.321 e. The molecule has 306 valence electrons. The van der Waals surface area contributed by atoms with Crippen molar-refractivity contribution >= 4 is 49.4 Å². The van der Waals surface area contributed by atoms with Crippen LogP contribution in [0.3, 0.4) is 0 Å². The quantitative estimate of drug-likeness (QED) is 0.146. The molecule has 7 rings (SSSR count). The fraction of sp³-hybridized carbons (Fsp3) is 0.474. The number of hydrogen-bond acceptors (Lipinski definition) is 8. The Labute approximate surface area is 329 Å². The van der Waals surface area contributed by atoms with Gasteiger partial charge in [-0.15, -0.1) is 0 Å². The zero-order valence-electron chi connectivity index (χ0n) is 31.3. The van der Waals surface area contributed by atoms with Gasteiger partial charge in [-0.25, -0.2) is 44.7 Å². The summed E-state index contributed by atoms with van der Waals surface area (Å²) in [5.41, 5.74) is 6.63. The summed E-state index contributed by atoms with van der Waals surface area (Å²) >= 11 is 6.72. The number of nitrogens with one attached hydrogen (secondary N) is 1. The molecule has 3 aromatic heterocycles. The predicted octanol–water partition coefficient (Wildman–Crippen LogP) is 6.83. The van der Waals surface area contributed by atoms with E-state index < -0.39 is 56.9 Å². The third-order valence-electron chi connectivity index (χ3n) is 10.9. The average molecular weight is 839 g/mol. The Bertz CT molecular complexity index is 2510. The van der Waals surface area contributed by atoms with Gasteiger partial charge in [0.25, 0.3) is 5.56 Å². The molecule has 0 bridgehead atoms. The van der Waals surface area contributed by atoms with E-state index in [0.717, 1.165) is 18.4 Å². The summed E-state index contributed by atoms with van der Waals surface area (Å²) in [5, 5.41) is 4.72. The molecule has 5 aromatic rings. The van der Waals surface area contributed by atoms with Crippen molar-refractivity contribution in [3.05, 3.63) is 86.1 Å². The molecule has 11 nitrogen and oxygen atoms in total. The largest absolute Gasteiger partial charge is 0.321 e. The second-order valence-corrected chi connectivity index (χ2v) is 17.7. The first kappa shape index (κ1) is 40.9. The molecule has 3 atom stereocenters. The number of halogens is 7. The number of piperidine rings is 1. The molecule has 0 radical (unpaired) electrons. The first-order valence-corrected chi connectivity index (χ1v) is 20.7. The minimum absolute atomic E-state index is 0.0227. The molecule has 1 aliphatic heterocycles. The zero-order chi connectivity index (χ0) is 41.2. The number of benzene rings is 2. The Morgan fingerprint density at radius 1 is 0.982 bits per heavy atom. The maximum absolute atomic E-state index is 15.0. The van der Waals surface area contributed by atoms with Crippen molar-refractivity contribution in [2.75, 3.05) is 30.6 Å². The van der Waals surface area contributed by atoms with E-state index in [-0.39, 0.29) is 115 Å². The number of rotatable bonds is 10. The van der Waals surface area contributed by atoms with Gasteiger partial charge >= 0.3 is 0 Å². The highest BCUT2D eigenvalue weighted by atomic mass is 35.5. The molecule has 57 heavy (non-hydrogen) atoms. The number of aryl methyl sites for hydroxylation is 1. The van der Waals surface area contributed by atoms with Gasteiger partial charge < -0.3 is 5.73 Å². The molecule has 1 aliphatic carbocycles. The molecular weight excluding hydrogens is 798 g/mol. The van der Waals surface area contributed by atoms with Crippen molar-refractivity contribution in [3.63, 3.8) is 0 Å². The molecule has 0 spiro atoms. The SMILES string of the molecule is Cc1cc(C2(C)CCC(F)(F)CC2)nc2nc([C@@H](N)Cc3cc(F)cc(F)c3)n(-c3ccc(Cl)c4c(NS(C)(=O)=O)nn(CCN5C[C@H](F)C[C@H](F)C5)c34)c(=O)c12. The Morgan fingerprint density at radius 2 is 1.63 bits per heavy atom. The molecule has 1 saturated carbocycles. The lowest BCUT2D eigenvalue weighted by Gasteiger charge is -2.37. The molecule has 0 amide bonds. The van der Waals surface area contributed by atoms with E-state index in [1.54, 1.807) is 17.9 Å². The molecular formula is C38H41ClF6N8O3S. The van der Waals surface area contributed by atoms with Crippen LogP contribution in [0.4, 0.5) is 32.2 Å². The summed E-state index contributed by atoms with van der Waals surface area (Å²) in [6.07, 6.45) is -2.71. The van der Waals surface area contributed by atoms with Crippen LogP contribution in [0.2, 0.25) is 5.02 Å². The molecule has 0 unspecified atom stereocenters. The summed E-state index contributed by atoms with van der Waals surface area (Å²) in [5.74, 6) is -4.79. The summed E-state index contributed by atoms with van der Waals surface area (Å²) in [7, 11) is -3.94. The number of anilines is 1. The monoisotopic (exact) mass is 838 g/mol. The summed E-state index contributed by atoms with van der Waals surface area (Å²) in [4.78, 5) is 26.1. The van der Waals surface area contributed by atoms with Crippen LogP contribution in [0.15, 0.2) is 41.2 Å². The number of alkyl halides is 4. The van der Waals surface area contributed by atoms with Crippen LogP contribution < -0.4 is 16.0 Å². The van der Waals surface area contributed by atoms with Crippen molar-refractivity contribution in [3.8, 4) is 5.69 Å². The Balaban J connectivity index is 1.46. The van der Waals surface area contributed by atoms with E-state index in [4.69, 9.17) is 27.3 Å². The van der Waals surface area contributed by atoms with Crippen LogP contribution in [0, 0.1) is 18.6 Å². The van der Waals surface area contributed by atoms with Crippen LogP contribution in [-0.2, 0) is 28.4 Å². The Kier molecular flexibility index (Phi) is 10.9. The van der Waals surface area contributed by atoms with Crippen molar-refractivity contribution in [2.45, 2.75) is 88.6 Å². The summed E-state index contributed by atoms with van der Waals surface area (Å²) < 4.78 is 116. The lowest BCUT2D eigenvalue weighted by atomic mass is 9.71. The second kappa shape index (κ2) is 15.2. The van der Waals surface area contributed by atoms with Crippen LogP contribution in [0.1, 0.15) is 67.7 Å². The maximum atomic E-state index is 15.0. The van der Waals surface area contributed by atoms with Gasteiger partial charge in [0.15, 0.2) is 11.5 Å². The summed E-state index contributed by atoms with van der Waals surface area (Å²) in [6.45, 7) is 3.48. The number of sulfonamides is 1. The normalized spacial score (nSPS) is 20.6. The number of pyridine rings is 1. The number of nitrogens with two attached hydrogens (primary N) is 1. The van der Waals surface area contributed by atoms with Gasteiger partial charge in [-0.1, -0.05) is 18.5 Å². The number of hydrogen-bond donors (Lipinski definition) is 2. The predicted molar refractivity (Wildman–Crippen MR) is 205 cm³/mol. The molecule has 2 aliphatic rings. The molecule has 2 aromatic carbocycles. The second-order valence-electron chi connectivity index (χ2n) is 15.6. The third kappa shape index (κ3) is 8.50. The first-order chi connectivity index (χ1) is 26.7. The van der Waals surface area contributed by atoms with Crippen LogP contribution in [0.25, 0.3) is 27.6 Å². The number of aromatic nitrogens is 5. The zero-order valence-corrected chi connectivity index (χ0v) is 32.9. The van der Waals surface area contributed by atoms with Crippen LogP contribution >= 0.6 is 11.6 Å². The fourth-order valence-corrected chi connectivity index (χ4v) is 8.73. The highest BCUT2D eigenvalue weighted by Gasteiger charge is 2.43. The van der Waals surface area contributed by atoms with Gasteiger partial charge in [0.1, 0.15) is 29.8 Å². The average Bonchev–Trinajstić information content (AvgIpc) is 3.45. The highest BCUT2D eigenvalue weighted by Crippen LogP contribution is 2.45. The van der Waals surface area contributed by atoms with Crippen molar-refractivity contribution < 1.29 is 34.8 Å². The van der Waals surface area contributed by atoms with Crippen molar-refractivity contribution in [1.29, 1.82) is 0 Å². The van der Waals surface area contributed by atoms with Crippen LogP contribution in [0.5, 0.6) is 0 Å². The van der Waals surface area contributed by atoms with Gasteiger partial charge in [0.2, 0.25) is 15.9 Å². The number of fused-ring (bicyclic) bond motifs is 2. The first-order valence-electron chi connectivity index (χ1n) is 18.4. The molecule has 19 heteroatoms. The topological polar surface area (TPSA) is 141 Å². The van der Waals surface area contributed by atoms with E-state index in [2.05, 4.69) is 9.82 Å². The molecule has 4 heterocycles. The van der Waals surface area contributed by atoms with Crippen molar-refractivity contribution in [2.24, 2.45) is 5.73 Å². The van der Waals surface area contributed by atoms with Gasteiger partial charge in [-0.3, -0.25) is 23.7 Å². The van der Waals surface area contributed by atoms with E-state index in [9.17, 15) is 39.6 Å². The minimum atomic E-state index is -3.94. The smallest absolute Gasteiger partial charge is 0.268 e. The highest BCUT2D eigenvalue weighted by molar-refractivity contribution is 7.92. The van der Waals surface area contributed by atoms with E-state index in [1.807, 2.05) is 6.92 Å². The summed E-state index contributed by atoms with van der Waals surface area (Å²) in [6, 6.07) is 6.26. The van der Waals surface area contributed by atoms with Gasteiger partial charge in [-0.2, -0.15) is 5.10 Å². The van der Waals surface area contributed by atoms with Crippen molar-refractivity contribution in [1.82, 2.24) is 29.2 Å². The van der Waals surface area contributed by atoms with Crippen LogP contribution in [-0.4, -0.2) is 81.8 Å². The third-order valence-corrected chi connectivity index (χ3v) is 11.8. The fourth-order valence-electron chi connectivity index (χ4n) is 8.00. The lowest BCUT2D eigenvalue weighted by molar-refractivity contribution is -0.0502. The Morgan fingerprint density at radius 3 is 2.26 bits per heavy atom. The maximum Gasteiger partial charge on any atom is 0.268 e. The Hall–Kier alpha value is -4.26. The number of likely N-dealkylation sites (tertiary alicyclic amines) is 1. The van der Waals surface area contributed by atoms with E-state index in [0.29, 0.717) is 17.3 Å². The van der Waals surface area contributed by atoms with Gasteiger partial charge in [-0.05, 0) is 67.6 Å².